The van der Waals surface area contributed by atoms with Crippen molar-refractivity contribution in [2.75, 3.05) is 19.7 Å². The van der Waals surface area contributed by atoms with Crippen molar-refractivity contribution in [2.24, 2.45) is 0 Å². The second-order valence-corrected chi connectivity index (χ2v) is 8.03. The van der Waals surface area contributed by atoms with Gasteiger partial charge in [-0.15, -0.1) is 0 Å². The summed E-state index contributed by atoms with van der Waals surface area (Å²) in [5, 5.41) is 0. The van der Waals surface area contributed by atoms with E-state index in [1.165, 1.54) is 5.56 Å². The van der Waals surface area contributed by atoms with Crippen molar-refractivity contribution in [1.29, 1.82) is 0 Å². The van der Waals surface area contributed by atoms with E-state index < -0.39 is 0 Å². The highest BCUT2D eigenvalue weighted by atomic mass is 16.5. The van der Waals surface area contributed by atoms with Gasteiger partial charge in [0.15, 0.2) is 11.5 Å². The Morgan fingerprint density at radius 1 is 0.939 bits per heavy atom. The molecule has 3 aromatic rings. The predicted molar refractivity (Wildman–Crippen MR) is 126 cm³/mol. The van der Waals surface area contributed by atoms with E-state index >= 15 is 0 Å². The third-order valence-corrected chi connectivity index (χ3v) is 5.67. The number of hydrogen-bond acceptors (Lipinski definition) is 5. The molecule has 2 heterocycles. The van der Waals surface area contributed by atoms with Crippen molar-refractivity contribution in [2.45, 2.75) is 39.1 Å². The van der Waals surface area contributed by atoms with E-state index in [0.29, 0.717) is 50.0 Å². The molecule has 1 aliphatic rings. The van der Waals surface area contributed by atoms with Crippen molar-refractivity contribution < 1.29 is 19.0 Å². The summed E-state index contributed by atoms with van der Waals surface area (Å²) in [6, 6.07) is 19.4. The largest absolute Gasteiger partial charge is 0.490 e. The highest BCUT2D eigenvalue weighted by Gasteiger charge is 2.25. The number of piperidine rings is 1. The SMILES string of the molecule is CCOc1cc(C(=O)N2CCC(OCc3ccccc3)CC2)ccc1OCc1cccnc1. The van der Waals surface area contributed by atoms with Gasteiger partial charge < -0.3 is 19.1 Å². The first-order valence-electron chi connectivity index (χ1n) is 11.5. The summed E-state index contributed by atoms with van der Waals surface area (Å²) in [6.45, 7) is 4.77. The highest BCUT2D eigenvalue weighted by molar-refractivity contribution is 5.95. The van der Waals surface area contributed by atoms with Crippen molar-refractivity contribution >= 4 is 5.91 Å². The molecular weight excluding hydrogens is 416 g/mol. The Morgan fingerprint density at radius 3 is 2.45 bits per heavy atom. The van der Waals surface area contributed by atoms with Crippen molar-refractivity contribution in [3.63, 3.8) is 0 Å². The third kappa shape index (κ3) is 6.33. The Kier molecular flexibility index (Phi) is 7.93. The molecule has 0 saturated carbocycles. The van der Waals surface area contributed by atoms with Crippen LogP contribution in [0.4, 0.5) is 0 Å². The van der Waals surface area contributed by atoms with Crippen LogP contribution in [0.1, 0.15) is 41.3 Å². The molecule has 0 N–H and O–H groups in total. The number of pyridine rings is 1. The number of ether oxygens (including phenoxy) is 3. The van der Waals surface area contributed by atoms with E-state index in [2.05, 4.69) is 17.1 Å². The first-order chi connectivity index (χ1) is 16.2. The molecule has 1 amide bonds. The van der Waals surface area contributed by atoms with Crippen molar-refractivity contribution in [3.8, 4) is 11.5 Å². The van der Waals surface area contributed by atoms with Crippen LogP contribution in [0.5, 0.6) is 11.5 Å². The highest BCUT2D eigenvalue weighted by Crippen LogP contribution is 2.30. The Bertz CT molecular complexity index is 1020. The molecule has 0 atom stereocenters. The lowest BCUT2D eigenvalue weighted by molar-refractivity contribution is -0.000389. The molecule has 1 aliphatic heterocycles. The molecule has 6 heteroatoms. The van der Waals surface area contributed by atoms with E-state index in [-0.39, 0.29) is 12.0 Å². The molecule has 0 aliphatic carbocycles. The zero-order valence-electron chi connectivity index (χ0n) is 19.0. The molecule has 0 unspecified atom stereocenters. The molecule has 0 bridgehead atoms. The fourth-order valence-corrected chi connectivity index (χ4v) is 3.87. The maximum atomic E-state index is 13.1. The van der Waals surface area contributed by atoms with Crippen LogP contribution in [-0.4, -0.2) is 41.6 Å². The minimum absolute atomic E-state index is 0.0104. The van der Waals surface area contributed by atoms with E-state index in [1.807, 2.05) is 48.2 Å². The number of amides is 1. The van der Waals surface area contributed by atoms with E-state index in [9.17, 15) is 4.79 Å². The third-order valence-electron chi connectivity index (χ3n) is 5.67. The fourth-order valence-electron chi connectivity index (χ4n) is 3.87. The summed E-state index contributed by atoms with van der Waals surface area (Å²) in [5.74, 6) is 1.20. The summed E-state index contributed by atoms with van der Waals surface area (Å²) >= 11 is 0. The minimum atomic E-state index is 0.0104. The summed E-state index contributed by atoms with van der Waals surface area (Å²) < 4.78 is 17.7. The number of aromatic nitrogens is 1. The number of carbonyl (C=O) groups excluding carboxylic acids is 1. The predicted octanol–water partition coefficient (Wildman–Crippen LogP) is 4.88. The Morgan fingerprint density at radius 2 is 1.73 bits per heavy atom. The van der Waals surface area contributed by atoms with Crippen LogP contribution in [0.25, 0.3) is 0 Å². The standard InChI is InChI=1S/C27H30N2O4/c1-2-31-26-17-23(10-11-25(26)33-20-22-9-6-14-28-18-22)27(30)29-15-12-24(13-16-29)32-19-21-7-4-3-5-8-21/h3-11,14,17-18,24H,2,12-13,15-16,19-20H2,1H3. The summed E-state index contributed by atoms with van der Waals surface area (Å²) in [5.41, 5.74) is 2.75. The quantitative estimate of drug-likeness (QED) is 0.469. The number of nitrogens with zero attached hydrogens (tertiary/aromatic N) is 2. The van der Waals surface area contributed by atoms with Crippen LogP contribution in [0.2, 0.25) is 0 Å². The number of benzene rings is 2. The van der Waals surface area contributed by atoms with Gasteiger partial charge in [0.25, 0.3) is 5.91 Å². The molecule has 2 aromatic carbocycles. The van der Waals surface area contributed by atoms with Gasteiger partial charge >= 0.3 is 0 Å². The van der Waals surface area contributed by atoms with Gasteiger partial charge in [0, 0.05) is 36.6 Å². The number of rotatable bonds is 9. The molecule has 0 radical (unpaired) electrons. The molecule has 1 aromatic heterocycles. The summed E-state index contributed by atoms with van der Waals surface area (Å²) in [7, 11) is 0. The second kappa shape index (κ2) is 11.5. The number of hydrogen-bond donors (Lipinski definition) is 0. The maximum absolute atomic E-state index is 13.1. The molecule has 4 rings (SSSR count). The van der Waals surface area contributed by atoms with Crippen molar-refractivity contribution in [1.82, 2.24) is 9.88 Å². The first-order valence-corrected chi connectivity index (χ1v) is 11.5. The second-order valence-electron chi connectivity index (χ2n) is 8.03. The van der Waals surface area contributed by atoms with Crippen LogP contribution < -0.4 is 9.47 Å². The lowest BCUT2D eigenvalue weighted by atomic mass is 10.1. The normalized spacial score (nSPS) is 14.2. The molecule has 1 fully saturated rings. The Hall–Kier alpha value is -3.38. The molecule has 6 nitrogen and oxygen atoms in total. The van der Waals surface area contributed by atoms with Gasteiger partial charge in [-0.3, -0.25) is 9.78 Å². The zero-order valence-corrected chi connectivity index (χ0v) is 19.0. The smallest absolute Gasteiger partial charge is 0.253 e. The van der Waals surface area contributed by atoms with Gasteiger partial charge in [-0.2, -0.15) is 0 Å². The Balaban J connectivity index is 1.33. The number of carbonyl (C=O) groups is 1. The lowest BCUT2D eigenvalue weighted by Gasteiger charge is -2.32. The van der Waals surface area contributed by atoms with Crippen molar-refractivity contribution in [3.05, 3.63) is 89.7 Å². The lowest BCUT2D eigenvalue weighted by Crippen LogP contribution is -2.40. The summed E-state index contributed by atoms with van der Waals surface area (Å²) in [6.07, 6.45) is 5.35. The fraction of sp³-hybridized carbons (Fsp3) is 0.333. The maximum Gasteiger partial charge on any atom is 0.253 e. The van der Waals surface area contributed by atoms with Crippen LogP contribution in [0.3, 0.4) is 0 Å². The first kappa shape index (κ1) is 22.8. The van der Waals surface area contributed by atoms with Crippen LogP contribution in [0.15, 0.2) is 73.1 Å². The van der Waals surface area contributed by atoms with Gasteiger partial charge in [0.2, 0.25) is 0 Å². The van der Waals surface area contributed by atoms with Crippen LogP contribution in [0, 0.1) is 0 Å². The number of likely N-dealkylation sites (tertiary alicyclic amines) is 1. The van der Waals surface area contributed by atoms with Crippen LogP contribution in [-0.2, 0) is 18.0 Å². The van der Waals surface area contributed by atoms with Gasteiger partial charge in [0.05, 0.1) is 19.3 Å². The molecule has 172 valence electrons. The minimum Gasteiger partial charge on any atom is -0.490 e. The van der Waals surface area contributed by atoms with Crippen LogP contribution >= 0.6 is 0 Å². The molecule has 33 heavy (non-hydrogen) atoms. The Labute approximate surface area is 195 Å². The average Bonchev–Trinajstić information content (AvgIpc) is 2.88. The molecule has 1 saturated heterocycles. The van der Waals surface area contributed by atoms with Gasteiger partial charge in [-0.25, -0.2) is 0 Å². The average molecular weight is 447 g/mol. The summed E-state index contributed by atoms with van der Waals surface area (Å²) in [4.78, 5) is 19.1. The molecule has 0 spiro atoms. The van der Waals surface area contributed by atoms with Gasteiger partial charge in [-0.05, 0) is 49.6 Å². The van der Waals surface area contributed by atoms with E-state index in [4.69, 9.17) is 14.2 Å². The molecular formula is C27H30N2O4. The van der Waals surface area contributed by atoms with E-state index in [0.717, 1.165) is 18.4 Å². The van der Waals surface area contributed by atoms with Gasteiger partial charge in [0.1, 0.15) is 6.61 Å². The topological polar surface area (TPSA) is 60.9 Å². The van der Waals surface area contributed by atoms with E-state index in [1.54, 1.807) is 24.5 Å². The zero-order chi connectivity index (χ0) is 22.9. The monoisotopic (exact) mass is 446 g/mol. The van der Waals surface area contributed by atoms with Gasteiger partial charge in [-0.1, -0.05) is 36.4 Å².